The van der Waals surface area contributed by atoms with Crippen LogP contribution >= 0.6 is 11.8 Å². The van der Waals surface area contributed by atoms with Crippen LogP contribution < -0.4 is 5.32 Å². The van der Waals surface area contributed by atoms with Crippen LogP contribution in [0.5, 0.6) is 0 Å². The lowest BCUT2D eigenvalue weighted by Crippen LogP contribution is -2.16. The van der Waals surface area contributed by atoms with Gasteiger partial charge in [0, 0.05) is 39.1 Å². The van der Waals surface area contributed by atoms with E-state index in [4.69, 9.17) is 0 Å². The van der Waals surface area contributed by atoms with Crippen LogP contribution in [-0.2, 0) is 18.3 Å². The maximum atomic E-state index is 12.7. The fourth-order valence-electron chi connectivity index (χ4n) is 3.38. The van der Waals surface area contributed by atoms with E-state index < -0.39 is 0 Å². The Morgan fingerprint density at radius 3 is 2.36 bits per heavy atom. The maximum Gasteiger partial charge on any atom is 0.230 e. The lowest BCUT2D eigenvalue weighted by Gasteiger charge is -2.09. The van der Waals surface area contributed by atoms with Crippen LogP contribution in [0.25, 0.3) is 10.9 Å². The van der Waals surface area contributed by atoms with Gasteiger partial charge < -0.3 is 9.88 Å². The molecule has 3 aromatic carbocycles. The summed E-state index contributed by atoms with van der Waals surface area (Å²) in [5.74, 6) is -0.0104. The molecule has 0 radical (unpaired) electrons. The third kappa shape index (κ3) is 3.82. The molecule has 4 rings (SSSR count). The first kappa shape index (κ1) is 18.4. The third-order valence-corrected chi connectivity index (χ3v) is 5.94. The molecule has 1 amide bonds. The molecule has 4 aromatic rings. The first-order chi connectivity index (χ1) is 13.6. The second-order valence-electron chi connectivity index (χ2n) is 6.86. The summed E-state index contributed by atoms with van der Waals surface area (Å²) in [7, 11) is 2.04. The number of aromatic nitrogens is 1. The predicted molar refractivity (Wildman–Crippen MR) is 117 cm³/mol. The van der Waals surface area contributed by atoms with Crippen molar-refractivity contribution < 1.29 is 4.79 Å². The van der Waals surface area contributed by atoms with E-state index in [-0.39, 0.29) is 5.91 Å². The van der Waals surface area contributed by atoms with Crippen LogP contribution in [0.1, 0.15) is 11.3 Å². The molecular weight excluding hydrogens is 364 g/mol. The number of aryl methyl sites for hydroxylation is 2. The SMILES string of the molecule is Cc1ccc2c(c1)c(Sc1ccccc1)c(CC(=O)Nc1ccccc1)n2C. The highest BCUT2D eigenvalue weighted by Gasteiger charge is 2.19. The van der Waals surface area contributed by atoms with Crippen molar-refractivity contribution in [2.24, 2.45) is 7.05 Å². The van der Waals surface area contributed by atoms with Gasteiger partial charge in [0.25, 0.3) is 0 Å². The zero-order valence-corrected chi connectivity index (χ0v) is 16.8. The Morgan fingerprint density at radius 2 is 1.64 bits per heavy atom. The summed E-state index contributed by atoms with van der Waals surface area (Å²) in [5, 5.41) is 4.20. The minimum absolute atomic E-state index is 0.0104. The van der Waals surface area contributed by atoms with Gasteiger partial charge in [0.15, 0.2) is 0 Å². The molecule has 0 aliphatic rings. The van der Waals surface area contributed by atoms with E-state index in [0.717, 1.165) is 21.8 Å². The topological polar surface area (TPSA) is 34.0 Å². The quantitative estimate of drug-likeness (QED) is 0.469. The fraction of sp³-hybridized carbons (Fsp3) is 0.125. The van der Waals surface area contributed by atoms with Gasteiger partial charge in [-0.1, -0.05) is 59.8 Å². The van der Waals surface area contributed by atoms with Crippen molar-refractivity contribution in [3.63, 3.8) is 0 Å². The number of para-hydroxylation sites is 1. The van der Waals surface area contributed by atoms with E-state index in [1.165, 1.54) is 15.8 Å². The summed E-state index contributed by atoms with van der Waals surface area (Å²) >= 11 is 1.72. The van der Waals surface area contributed by atoms with Crippen molar-refractivity contribution in [1.82, 2.24) is 4.57 Å². The first-order valence-corrected chi connectivity index (χ1v) is 10.1. The Hall–Kier alpha value is -2.98. The Bertz CT molecular complexity index is 1120. The van der Waals surface area contributed by atoms with Gasteiger partial charge in [-0.15, -0.1) is 0 Å². The highest BCUT2D eigenvalue weighted by atomic mass is 32.2. The number of hydrogen-bond donors (Lipinski definition) is 1. The molecule has 1 aromatic heterocycles. The fourth-order valence-corrected chi connectivity index (χ4v) is 4.50. The molecule has 28 heavy (non-hydrogen) atoms. The molecule has 0 atom stereocenters. The van der Waals surface area contributed by atoms with Crippen molar-refractivity contribution >= 4 is 34.3 Å². The highest BCUT2D eigenvalue weighted by Crippen LogP contribution is 2.38. The number of carbonyl (C=O) groups is 1. The van der Waals surface area contributed by atoms with E-state index in [2.05, 4.69) is 47.1 Å². The summed E-state index contributed by atoms with van der Waals surface area (Å²) < 4.78 is 2.14. The van der Waals surface area contributed by atoms with E-state index >= 15 is 0 Å². The number of rotatable bonds is 5. The average molecular weight is 387 g/mol. The van der Waals surface area contributed by atoms with E-state index in [1.807, 2.05) is 55.6 Å². The molecule has 0 bridgehead atoms. The van der Waals surface area contributed by atoms with E-state index in [1.54, 1.807) is 11.8 Å². The number of hydrogen-bond acceptors (Lipinski definition) is 2. The third-order valence-electron chi connectivity index (χ3n) is 4.77. The number of carbonyl (C=O) groups excluding carboxylic acids is 1. The number of anilines is 1. The van der Waals surface area contributed by atoms with Crippen molar-refractivity contribution in [3.8, 4) is 0 Å². The van der Waals surface area contributed by atoms with Gasteiger partial charge in [-0.3, -0.25) is 4.79 Å². The van der Waals surface area contributed by atoms with Crippen LogP contribution in [-0.4, -0.2) is 10.5 Å². The zero-order valence-electron chi connectivity index (χ0n) is 16.0. The zero-order chi connectivity index (χ0) is 19.5. The van der Waals surface area contributed by atoms with Gasteiger partial charge in [0.1, 0.15) is 0 Å². The lowest BCUT2D eigenvalue weighted by molar-refractivity contribution is -0.115. The second-order valence-corrected chi connectivity index (χ2v) is 7.95. The number of benzene rings is 3. The molecule has 0 aliphatic carbocycles. The van der Waals surface area contributed by atoms with Gasteiger partial charge in [-0.2, -0.15) is 0 Å². The number of nitrogens with zero attached hydrogens (tertiary/aromatic N) is 1. The summed E-state index contributed by atoms with van der Waals surface area (Å²) in [6, 6.07) is 26.4. The normalized spacial score (nSPS) is 10.9. The van der Waals surface area contributed by atoms with E-state index in [9.17, 15) is 4.79 Å². The summed E-state index contributed by atoms with van der Waals surface area (Å²) in [5.41, 5.74) is 4.21. The smallest absolute Gasteiger partial charge is 0.230 e. The maximum absolute atomic E-state index is 12.7. The molecular formula is C24H22N2OS. The molecule has 0 spiro atoms. The lowest BCUT2D eigenvalue weighted by atomic mass is 10.2. The standard InChI is InChI=1S/C24H22N2OS/c1-17-13-14-21-20(15-17)24(28-19-11-7-4-8-12-19)22(26(21)2)16-23(27)25-18-9-5-3-6-10-18/h3-15H,16H2,1-2H3,(H,25,27). The average Bonchev–Trinajstić information content (AvgIpc) is 2.94. The second kappa shape index (κ2) is 7.95. The minimum atomic E-state index is -0.0104. The molecule has 0 saturated heterocycles. The summed E-state index contributed by atoms with van der Waals surface area (Å²) in [6.07, 6.45) is 0.328. The Balaban J connectivity index is 1.72. The molecule has 0 aliphatic heterocycles. The molecule has 4 heteroatoms. The minimum Gasteiger partial charge on any atom is -0.346 e. The summed E-state index contributed by atoms with van der Waals surface area (Å²) in [6.45, 7) is 2.10. The molecule has 1 N–H and O–H groups in total. The number of nitrogens with one attached hydrogen (secondary N) is 1. The van der Waals surface area contributed by atoms with E-state index in [0.29, 0.717) is 6.42 Å². The van der Waals surface area contributed by atoms with Crippen molar-refractivity contribution in [1.29, 1.82) is 0 Å². The van der Waals surface area contributed by atoms with Crippen LogP contribution in [0.3, 0.4) is 0 Å². The largest absolute Gasteiger partial charge is 0.346 e. The van der Waals surface area contributed by atoms with Crippen molar-refractivity contribution in [2.45, 2.75) is 23.1 Å². The van der Waals surface area contributed by atoms with Gasteiger partial charge in [0.05, 0.1) is 6.42 Å². The Kier molecular flexibility index (Phi) is 5.22. The van der Waals surface area contributed by atoms with Crippen molar-refractivity contribution in [2.75, 3.05) is 5.32 Å². The van der Waals surface area contributed by atoms with Crippen molar-refractivity contribution in [3.05, 3.63) is 90.1 Å². The molecule has 140 valence electrons. The molecule has 0 saturated carbocycles. The van der Waals surface area contributed by atoms with Crippen LogP contribution in [0.2, 0.25) is 0 Å². The van der Waals surface area contributed by atoms with Crippen LogP contribution in [0.4, 0.5) is 5.69 Å². The molecule has 1 heterocycles. The first-order valence-electron chi connectivity index (χ1n) is 9.27. The van der Waals surface area contributed by atoms with Gasteiger partial charge in [0.2, 0.25) is 5.91 Å². The van der Waals surface area contributed by atoms with Gasteiger partial charge >= 0.3 is 0 Å². The van der Waals surface area contributed by atoms with Crippen LogP contribution in [0, 0.1) is 6.92 Å². The monoisotopic (exact) mass is 386 g/mol. The predicted octanol–water partition coefficient (Wildman–Crippen LogP) is 5.82. The van der Waals surface area contributed by atoms with Gasteiger partial charge in [-0.05, 0) is 43.3 Å². The summed E-state index contributed by atoms with van der Waals surface area (Å²) in [4.78, 5) is 15.1. The number of fused-ring (bicyclic) bond motifs is 1. The number of amides is 1. The van der Waals surface area contributed by atoms with Crippen LogP contribution in [0.15, 0.2) is 88.7 Å². The van der Waals surface area contributed by atoms with Gasteiger partial charge in [-0.25, -0.2) is 0 Å². The Labute approximate surface area is 169 Å². The molecule has 3 nitrogen and oxygen atoms in total. The Morgan fingerprint density at radius 1 is 0.964 bits per heavy atom. The molecule has 0 unspecified atom stereocenters. The molecule has 0 fully saturated rings. The highest BCUT2D eigenvalue weighted by molar-refractivity contribution is 7.99.